The summed E-state index contributed by atoms with van der Waals surface area (Å²) in [4.78, 5) is 11.0. The number of hydrogen-bond acceptors (Lipinski definition) is 2. The van der Waals surface area contributed by atoms with E-state index in [-0.39, 0.29) is 12.0 Å². The third kappa shape index (κ3) is 2.74. The number of rotatable bonds is 3. The van der Waals surface area contributed by atoms with E-state index in [0.717, 1.165) is 19.4 Å². The molecule has 1 saturated heterocycles. The molecule has 86 valence electrons. The molecule has 0 aromatic heterocycles. The number of carboxylic acids is 1. The quantitative estimate of drug-likeness (QED) is 0.832. The summed E-state index contributed by atoms with van der Waals surface area (Å²) in [5, 5.41) is 12.1. The van der Waals surface area contributed by atoms with E-state index in [1.807, 2.05) is 12.1 Å². The van der Waals surface area contributed by atoms with Crippen LogP contribution in [0.5, 0.6) is 0 Å². The Balaban J connectivity index is 2.06. The van der Waals surface area contributed by atoms with Crippen LogP contribution in [0.4, 0.5) is 0 Å². The van der Waals surface area contributed by atoms with Gasteiger partial charge in [0.2, 0.25) is 0 Å². The molecule has 2 N–H and O–H groups in total. The maximum atomic E-state index is 11.0. The Kier molecular flexibility index (Phi) is 3.81. The zero-order valence-electron chi connectivity index (χ0n) is 8.82. The first-order valence-corrected chi connectivity index (χ1v) is 6.45. The number of benzene rings is 1. The van der Waals surface area contributed by atoms with Gasteiger partial charge in [-0.2, -0.15) is 0 Å². The highest BCUT2D eigenvalue weighted by Gasteiger charge is 2.32. The third-order valence-corrected chi connectivity index (χ3v) is 3.67. The molecule has 3 nitrogen and oxygen atoms in total. The molecule has 0 aliphatic carbocycles. The number of aliphatic carboxylic acids is 1. The van der Waals surface area contributed by atoms with Crippen molar-refractivity contribution in [1.82, 2.24) is 5.32 Å². The zero-order chi connectivity index (χ0) is 11.5. The van der Waals surface area contributed by atoms with Crippen LogP contribution in [0.25, 0.3) is 0 Å². The molecule has 1 aromatic rings. The van der Waals surface area contributed by atoms with E-state index in [1.54, 1.807) is 0 Å². The number of nitrogens with one attached hydrogen (secondary N) is 1. The standard InChI is InChI=1S/C12H14INO2/c13-10-3-1-2-8(7-10)6-9-4-5-14-11(9)12(15)16/h1-3,7,9,11,14H,4-6H2,(H,15,16)/t9?,11-/m0/s1. The molecule has 0 amide bonds. The van der Waals surface area contributed by atoms with Crippen LogP contribution in [-0.4, -0.2) is 23.7 Å². The normalized spacial score (nSPS) is 24.6. The minimum Gasteiger partial charge on any atom is -0.480 e. The van der Waals surface area contributed by atoms with E-state index >= 15 is 0 Å². The minimum absolute atomic E-state index is 0.218. The van der Waals surface area contributed by atoms with E-state index in [4.69, 9.17) is 5.11 Å². The molecule has 2 atom stereocenters. The first-order chi connectivity index (χ1) is 7.66. The average molecular weight is 331 g/mol. The van der Waals surface area contributed by atoms with Gasteiger partial charge in [-0.3, -0.25) is 4.79 Å². The summed E-state index contributed by atoms with van der Waals surface area (Å²) in [5.41, 5.74) is 1.23. The summed E-state index contributed by atoms with van der Waals surface area (Å²) in [6.45, 7) is 0.811. The molecule has 1 aliphatic rings. The van der Waals surface area contributed by atoms with Gasteiger partial charge in [0.1, 0.15) is 6.04 Å². The van der Waals surface area contributed by atoms with E-state index < -0.39 is 5.97 Å². The highest BCUT2D eigenvalue weighted by molar-refractivity contribution is 14.1. The van der Waals surface area contributed by atoms with Crippen LogP contribution >= 0.6 is 22.6 Å². The van der Waals surface area contributed by atoms with Gasteiger partial charge < -0.3 is 10.4 Å². The predicted molar refractivity (Wildman–Crippen MR) is 70.4 cm³/mol. The lowest BCUT2D eigenvalue weighted by Gasteiger charge is -2.15. The highest BCUT2D eigenvalue weighted by Crippen LogP contribution is 2.21. The smallest absolute Gasteiger partial charge is 0.320 e. The van der Waals surface area contributed by atoms with Gasteiger partial charge in [0.05, 0.1) is 0 Å². The molecular weight excluding hydrogens is 317 g/mol. The molecule has 0 spiro atoms. The lowest BCUT2D eigenvalue weighted by Crippen LogP contribution is -2.36. The monoisotopic (exact) mass is 331 g/mol. The maximum absolute atomic E-state index is 11.0. The van der Waals surface area contributed by atoms with Crippen LogP contribution in [0.15, 0.2) is 24.3 Å². The first kappa shape index (κ1) is 11.9. The van der Waals surface area contributed by atoms with Crippen LogP contribution in [-0.2, 0) is 11.2 Å². The van der Waals surface area contributed by atoms with Gasteiger partial charge in [-0.05, 0) is 65.6 Å². The van der Waals surface area contributed by atoms with Gasteiger partial charge in [-0.25, -0.2) is 0 Å². The van der Waals surface area contributed by atoms with Crippen molar-refractivity contribution >= 4 is 28.6 Å². The summed E-state index contributed by atoms with van der Waals surface area (Å²) in [7, 11) is 0. The van der Waals surface area contributed by atoms with Crippen LogP contribution in [0.3, 0.4) is 0 Å². The van der Waals surface area contributed by atoms with Gasteiger partial charge in [0.15, 0.2) is 0 Å². The Morgan fingerprint density at radius 3 is 3.06 bits per heavy atom. The molecule has 1 aliphatic heterocycles. The second-order valence-electron chi connectivity index (χ2n) is 4.15. The topological polar surface area (TPSA) is 49.3 Å². The third-order valence-electron chi connectivity index (χ3n) is 3.00. The molecule has 2 rings (SSSR count). The van der Waals surface area contributed by atoms with Gasteiger partial charge in [-0.15, -0.1) is 0 Å². The van der Waals surface area contributed by atoms with Gasteiger partial charge in [0.25, 0.3) is 0 Å². The summed E-state index contributed by atoms with van der Waals surface area (Å²) in [6.07, 6.45) is 1.79. The van der Waals surface area contributed by atoms with Crippen molar-refractivity contribution in [3.63, 3.8) is 0 Å². The van der Waals surface area contributed by atoms with Crippen LogP contribution in [0.1, 0.15) is 12.0 Å². The molecule has 0 radical (unpaired) electrons. The fourth-order valence-electron chi connectivity index (χ4n) is 2.23. The maximum Gasteiger partial charge on any atom is 0.320 e. The number of hydrogen-bond donors (Lipinski definition) is 2. The van der Waals surface area contributed by atoms with Crippen molar-refractivity contribution in [3.8, 4) is 0 Å². The second kappa shape index (κ2) is 5.14. The van der Waals surface area contributed by atoms with Crippen molar-refractivity contribution in [2.45, 2.75) is 18.9 Å². The number of carbonyl (C=O) groups is 1. The Hall–Kier alpha value is -0.620. The van der Waals surface area contributed by atoms with Crippen LogP contribution < -0.4 is 5.32 Å². The van der Waals surface area contributed by atoms with Crippen LogP contribution in [0.2, 0.25) is 0 Å². The van der Waals surface area contributed by atoms with Gasteiger partial charge in [0, 0.05) is 3.57 Å². The molecule has 1 fully saturated rings. The fraction of sp³-hybridized carbons (Fsp3) is 0.417. The molecule has 1 aromatic carbocycles. The van der Waals surface area contributed by atoms with Crippen molar-refractivity contribution in [2.24, 2.45) is 5.92 Å². The van der Waals surface area contributed by atoms with E-state index in [9.17, 15) is 4.79 Å². The molecule has 16 heavy (non-hydrogen) atoms. The number of carboxylic acid groups (broad SMARTS) is 1. The summed E-state index contributed by atoms with van der Waals surface area (Å²) >= 11 is 2.28. The average Bonchev–Trinajstić information content (AvgIpc) is 2.66. The largest absolute Gasteiger partial charge is 0.480 e. The lowest BCUT2D eigenvalue weighted by atomic mass is 9.93. The van der Waals surface area contributed by atoms with Crippen molar-refractivity contribution in [3.05, 3.63) is 33.4 Å². The zero-order valence-corrected chi connectivity index (χ0v) is 11.0. The molecule has 1 heterocycles. The molecule has 4 heteroatoms. The predicted octanol–water partition coefficient (Wildman–Crippen LogP) is 1.90. The van der Waals surface area contributed by atoms with Crippen molar-refractivity contribution in [1.29, 1.82) is 0 Å². The first-order valence-electron chi connectivity index (χ1n) is 5.37. The summed E-state index contributed by atoms with van der Waals surface area (Å²) in [6, 6.07) is 7.89. The lowest BCUT2D eigenvalue weighted by molar-refractivity contribution is -0.140. The summed E-state index contributed by atoms with van der Waals surface area (Å²) < 4.78 is 1.20. The molecule has 0 bridgehead atoms. The van der Waals surface area contributed by atoms with E-state index in [2.05, 4.69) is 40.0 Å². The van der Waals surface area contributed by atoms with Crippen molar-refractivity contribution < 1.29 is 9.90 Å². The molecule has 1 unspecified atom stereocenters. The Labute approximate surface area is 108 Å². The SMILES string of the molecule is O=C(O)[C@H]1NCCC1Cc1cccc(I)c1. The minimum atomic E-state index is -0.729. The van der Waals surface area contributed by atoms with Gasteiger partial charge in [-0.1, -0.05) is 12.1 Å². The molecular formula is C12H14INO2. The van der Waals surface area contributed by atoms with Crippen LogP contribution in [0, 0.1) is 9.49 Å². The second-order valence-corrected chi connectivity index (χ2v) is 5.40. The Morgan fingerprint density at radius 1 is 1.56 bits per heavy atom. The van der Waals surface area contributed by atoms with E-state index in [0.29, 0.717) is 0 Å². The van der Waals surface area contributed by atoms with Gasteiger partial charge >= 0.3 is 5.97 Å². The highest BCUT2D eigenvalue weighted by atomic mass is 127. The molecule has 0 saturated carbocycles. The fourth-order valence-corrected chi connectivity index (χ4v) is 2.84. The Bertz CT molecular complexity index is 394. The van der Waals surface area contributed by atoms with E-state index in [1.165, 1.54) is 9.13 Å². The number of halogens is 1. The van der Waals surface area contributed by atoms with Crippen molar-refractivity contribution in [2.75, 3.05) is 6.54 Å². The Morgan fingerprint density at radius 2 is 2.38 bits per heavy atom. The summed E-state index contributed by atoms with van der Waals surface area (Å²) in [5.74, 6) is -0.510.